The molecule has 0 aliphatic heterocycles. The molecular formula is C33H32Cl2N8O5. The van der Waals surface area contributed by atoms with Gasteiger partial charge in [0.15, 0.2) is 0 Å². The van der Waals surface area contributed by atoms with Crippen LogP contribution in [0.25, 0.3) is 11.0 Å². The number of likely N-dealkylation sites (N-methyl/N-ethyl adjacent to an activating group) is 1. The molecule has 0 saturated heterocycles. The van der Waals surface area contributed by atoms with E-state index in [-0.39, 0.29) is 42.4 Å². The predicted molar refractivity (Wildman–Crippen MR) is 181 cm³/mol. The Hall–Kier alpha value is -5.27. The van der Waals surface area contributed by atoms with E-state index >= 15 is 0 Å². The SMILES string of the molecule is COc1nc2c(OCc3c(Cl)ccc(N(C)C(=O)CNC(=O)CCc4cnc(NC(C)=O)nc4)c3Cl)cccc2n1Cc1ccccn1. The summed E-state index contributed by atoms with van der Waals surface area (Å²) in [5.74, 6) is -0.324. The first kappa shape index (κ1) is 34.1. The molecule has 2 N–H and O–H groups in total. The standard InChI is InChI=1S/C33H32Cl2N8O5/c1-20(44)40-32-38-15-21(16-39-32)10-13-28(45)37-17-29(46)42(2)25-12-11-24(34)23(30(25)35)19-48-27-9-6-8-26-31(27)41-33(47-3)43(26)18-22-7-4-5-14-36-22/h4-9,11-12,14-16H,10,13,17-19H2,1-3H3,(H,37,45)(H,38,39,40,44). The third-order valence-electron chi connectivity index (χ3n) is 7.28. The smallest absolute Gasteiger partial charge is 0.297 e. The summed E-state index contributed by atoms with van der Waals surface area (Å²) in [5.41, 5.74) is 3.81. The second kappa shape index (κ2) is 15.5. The zero-order valence-corrected chi connectivity index (χ0v) is 27.9. The molecule has 2 aromatic carbocycles. The van der Waals surface area contributed by atoms with Crippen molar-refractivity contribution in [3.05, 3.63) is 94.0 Å². The van der Waals surface area contributed by atoms with Gasteiger partial charge in [-0.3, -0.25) is 29.3 Å². The number of ether oxygens (including phenoxy) is 2. The minimum atomic E-state index is -0.391. The zero-order chi connectivity index (χ0) is 34.2. The number of carbonyl (C=O) groups is 3. The normalized spacial score (nSPS) is 10.9. The zero-order valence-electron chi connectivity index (χ0n) is 26.4. The molecule has 0 radical (unpaired) electrons. The van der Waals surface area contributed by atoms with E-state index in [9.17, 15) is 14.4 Å². The first-order chi connectivity index (χ1) is 23.1. The quantitative estimate of drug-likeness (QED) is 0.177. The molecule has 0 aliphatic rings. The van der Waals surface area contributed by atoms with E-state index in [1.165, 1.54) is 24.2 Å². The lowest BCUT2D eigenvalue weighted by Crippen LogP contribution is -2.38. The van der Waals surface area contributed by atoms with E-state index in [0.717, 1.165) is 11.2 Å². The average molecular weight is 692 g/mol. The van der Waals surface area contributed by atoms with Gasteiger partial charge in [-0.05, 0) is 48.4 Å². The van der Waals surface area contributed by atoms with E-state index < -0.39 is 5.91 Å². The van der Waals surface area contributed by atoms with Crippen LogP contribution in [-0.2, 0) is 34.0 Å². The molecule has 3 amide bonds. The van der Waals surface area contributed by atoms with Crippen molar-refractivity contribution in [1.29, 1.82) is 0 Å². The predicted octanol–water partition coefficient (Wildman–Crippen LogP) is 4.83. The summed E-state index contributed by atoms with van der Waals surface area (Å²) in [5, 5.41) is 5.71. The second-order valence-electron chi connectivity index (χ2n) is 10.6. The van der Waals surface area contributed by atoms with Crippen LogP contribution in [-0.4, -0.2) is 62.9 Å². The van der Waals surface area contributed by atoms with E-state index in [1.807, 2.05) is 34.9 Å². The van der Waals surface area contributed by atoms with Gasteiger partial charge in [-0.1, -0.05) is 35.3 Å². The number of nitrogens with zero attached hydrogens (tertiary/aromatic N) is 6. The topological polar surface area (TPSA) is 153 Å². The molecule has 0 aliphatic carbocycles. The summed E-state index contributed by atoms with van der Waals surface area (Å²) >= 11 is 13.3. The Labute approximate surface area is 286 Å². The lowest BCUT2D eigenvalue weighted by molar-refractivity contribution is -0.124. The van der Waals surface area contributed by atoms with Crippen LogP contribution in [0.5, 0.6) is 11.8 Å². The summed E-state index contributed by atoms with van der Waals surface area (Å²) in [6.45, 7) is 1.56. The highest BCUT2D eigenvalue weighted by Crippen LogP contribution is 2.36. The number of benzene rings is 2. The molecule has 5 rings (SSSR count). The minimum absolute atomic E-state index is 0.00564. The van der Waals surface area contributed by atoms with Crippen molar-refractivity contribution in [3.8, 4) is 11.8 Å². The molecule has 248 valence electrons. The number of fused-ring (bicyclic) bond motifs is 1. The number of imidazole rings is 1. The number of nitrogens with one attached hydrogen (secondary N) is 2. The maximum atomic E-state index is 13.0. The fourth-order valence-electron chi connectivity index (χ4n) is 4.78. The van der Waals surface area contributed by atoms with E-state index in [0.29, 0.717) is 52.1 Å². The van der Waals surface area contributed by atoms with E-state index in [2.05, 4.69) is 30.6 Å². The Morgan fingerprint density at radius 1 is 1.00 bits per heavy atom. The van der Waals surface area contributed by atoms with Gasteiger partial charge in [-0.25, -0.2) is 9.97 Å². The lowest BCUT2D eigenvalue weighted by Gasteiger charge is -2.21. The highest BCUT2D eigenvalue weighted by atomic mass is 35.5. The molecule has 0 saturated carbocycles. The van der Waals surface area contributed by atoms with Crippen LogP contribution < -0.4 is 25.0 Å². The van der Waals surface area contributed by atoms with Crippen LogP contribution in [0.2, 0.25) is 10.0 Å². The number of carbonyl (C=O) groups excluding carboxylic acids is 3. The molecule has 3 aromatic heterocycles. The number of aromatic nitrogens is 5. The summed E-state index contributed by atoms with van der Waals surface area (Å²) in [7, 11) is 3.11. The Morgan fingerprint density at radius 2 is 1.79 bits per heavy atom. The summed E-state index contributed by atoms with van der Waals surface area (Å²) < 4.78 is 13.6. The Kier molecular flexibility index (Phi) is 11.0. The number of para-hydroxylation sites is 1. The molecule has 0 fully saturated rings. The largest absolute Gasteiger partial charge is 0.486 e. The van der Waals surface area contributed by atoms with Crippen molar-refractivity contribution in [1.82, 2.24) is 29.8 Å². The first-order valence-corrected chi connectivity index (χ1v) is 15.5. The molecule has 0 spiro atoms. The van der Waals surface area contributed by atoms with Gasteiger partial charge < -0.3 is 19.7 Å². The van der Waals surface area contributed by atoms with Crippen molar-refractivity contribution >= 4 is 63.6 Å². The van der Waals surface area contributed by atoms with Crippen molar-refractivity contribution in [2.45, 2.75) is 32.9 Å². The number of rotatable bonds is 13. The molecule has 0 atom stereocenters. The van der Waals surface area contributed by atoms with E-state index in [4.69, 9.17) is 32.7 Å². The molecule has 13 nitrogen and oxygen atoms in total. The number of methoxy groups -OCH3 is 1. The maximum Gasteiger partial charge on any atom is 0.297 e. The average Bonchev–Trinajstić information content (AvgIpc) is 3.44. The third kappa shape index (κ3) is 8.17. The van der Waals surface area contributed by atoms with Gasteiger partial charge in [-0.2, -0.15) is 4.98 Å². The van der Waals surface area contributed by atoms with Gasteiger partial charge in [0, 0.05) is 49.6 Å². The van der Waals surface area contributed by atoms with Gasteiger partial charge in [-0.15, -0.1) is 0 Å². The maximum absolute atomic E-state index is 13.0. The van der Waals surface area contributed by atoms with Crippen LogP contribution >= 0.6 is 23.2 Å². The monoisotopic (exact) mass is 690 g/mol. The van der Waals surface area contributed by atoms with Crippen molar-refractivity contribution in [3.63, 3.8) is 0 Å². The fraction of sp³-hybridized carbons (Fsp3) is 0.242. The van der Waals surface area contributed by atoms with Crippen LogP contribution in [0.4, 0.5) is 11.6 Å². The second-order valence-corrected chi connectivity index (χ2v) is 11.4. The Morgan fingerprint density at radius 3 is 2.50 bits per heavy atom. The summed E-state index contributed by atoms with van der Waals surface area (Å²) in [4.78, 5) is 55.1. The molecule has 3 heterocycles. The number of anilines is 2. The number of pyridine rings is 1. The number of hydrogen-bond donors (Lipinski definition) is 2. The fourth-order valence-corrected chi connectivity index (χ4v) is 5.39. The van der Waals surface area contributed by atoms with Gasteiger partial charge in [0.25, 0.3) is 6.01 Å². The van der Waals surface area contributed by atoms with Gasteiger partial charge in [0.2, 0.25) is 23.7 Å². The molecule has 5 aromatic rings. The lowest BCUT2D eigenvalue weighted by atomic mass is 10.2. The third-order valence-corrected chi connectivity index (χ3v) is 8.06. The highest BCUT2D eigenvalue weighted by molar-refractivity contribution is 6.38. The number of amides is 3. The van der Waals surface area contributed by atoms with E-state index in [1.54, 1.807) is 38.6 Å². The van der Waals surface area contributed by atoms with Gasteiger partial charge in [0.1, 0.15) is 17.9 Å². The molecule has 0 bridgehead atoms. The number of hydrogen-bond acceptors (Lipinski definition) is 9. The first-order valence-electron chi connectivity index (χ1n) is 14.8. The van der Waals surface area contributed by atoms with Crippen LogP contribution in [0.1, 0.15) is 30.2 Å². The Balaban J connectivity index is 1.22. The molecule has 0 unspecified atom stereocenters. The highest BCUT2D eigenvalue weighted by Gasteiger charge is 2.21. The Bertz CT molecular complexity index is 1940. The van der Waals surface area contributed by atoms with Crippen LogP contribution in [0, 0.1) is 0 Å². The van der Waals surface area contributed by atoms with Crippen molar-refractivity contribution < 1.29 is 23.9 Å². The van der Waals surface area contributed by atoms with Gasteiger partial charge >= 0.3 is 0 Å². The molecular weight excluding hydrogens is 659 g/mol. The molecule has 15 heteroatoms. The molecule has 48 heavy (non-hydrogen) atoms. The minimum Gasteiger partial charge on any atom is -0.486 e. The number of halogens is 2. The number of aryl methyl sites for hydroxylation is 1. The van der Waals surface area contributed by atoms with Crippen LogP contribution in [0.15, 0.2) is 67.1 Å². The summed E-state index contributed by atoms with van der Waals surface area (Å²) in [6, 6.07) is 14.9. The van der Waals surface area contributed by atoms with Gasteiger partial charge in [0.05, 0.1) is 42.1 Å². The summed E-state index contributed by atoms with van der Waals surface area (Å²) in [6.07, 6.45) is 5.26. The van der Waals surface area contributed by atoms with Crippen molar-refractivity contribution in [2.75, 3.05) is 30.9 Å². The van der Waals surface area contributed by atoms with Crippen LogP contribution in [0.3, 0.4) is 0 Å². The van der Waals surface area contributed by atoms with Crippen molar-refractivity contribution in [2.24, 2.45) is 0 Å².